The Hall–Kier alpha value is -3.27. The average molecular weight is 331 g/mol. The van der Waals surface area contributed by atoms with Crippen LogP contribution in [-0.2, 0) is 0 Å². The molecule has 4 rings (SSSR count). The molecule has 0 radical (unpaired) electrons. The summed E-state index contributed by atoms with van der Waals surface area (Å²) < 4.78 is 16.3. The predicted octanol–water partition coefficient (Wildman–Crippen LogP) is 5.18. The topological polar surface area (TPSA) is 44.5 Å². The van der Waals surface area contributed by atoms with Crippen LogP contribution in [-0.4, -0.2) is 19.4 Å². The Balaban J connectivity index is 1.89. The van der Waals surface area contributed by atoms with Crippen molar-refractivity contribution in [3.8, 4) is 33.9 Å². The molecular weight excluding hydrogens is 314 g/mol. The lowest BCUT2D eigenvalue weighted by Crippen LogP contribution is -1.88. The van der Waals surface area contributed by atoms with E-state index in [0.29, 0.717) is 0 Å². The maximum absolute atomic E-state index is 5.62. The van der Waals surface area contributed by atoms with Crippen molar-refractivity contribution in [3.63, 3.8) is 0 Å². The van der Waals surface area contributed by atoms with Gasteiger partial charge >= 0.3 is 0 Å². The highest BCUT2D eigenvalue weighted by molar-refractivity contribution is 6.01. The molecule has 0 N–H and O–H groups in total. The maximum Gasteiger partial charge on any atom is 0.175 e. The number of methoxy groups -OCH3 is 2. The van der Waals surface area contributed by atoms with E-state index in [0.717, 1.165) is 44.7 Å². The number of benzene rings is 3. The van der Waals surface area contributed by atoms with Crippen molar-refractivity contribution in [1.29, 1.82) is 0 Å². The number of hydrogen-bond acceptors (Lipinski definition) is 4. The van der Waals surface area contributed by atoms with Crippen LogP contribution in [0.5, 0.6) is 11.5 Å². The van der Waals surface area contributed by atoms with Crippen molar-refractivity contribution in [2.45, 2.75) is 0 Å². The van der Waals surface area contributed by atoms with Gasteiger partial charge in [-0.1, -0.05) is 41.6 Å². The van der Waals surface area contributed by atoms with Crippen LogP contribution in [0.3, 0.4) is 0 Å². The molecule has 0 atom stereocenters. The van der Waals surface area contributed by atoms with Crippen LogP contribution >= 0.6 is 0 Å². The van der Waals surface area contributed by atoms with Gasteiger partial charge in [-0.15, -0.1) is 0 Å². The first-order valence-electron chi connectivity index (χ1n) is 7.97. The molecule has 0 saturated carbocycles. The standard InChI is InChI=1S/C21H17NO3/c1-23-15-9-7-14(8-10-15)19-13-22-25-21(19)18-11-12-20(24-2)17-6-4-3-5-16(17)18/h3-13H,1-2H3. The number of aromatic nitrogens is 1. The first kappa shape index (κ1) is 15.3. The number of hydrogen-bond donors (Lipinski definition) is 0. The second-order valence-corrected chi connectivity index (χ2v) is 5.66. The van der Waals surface area contributed by atoms with E-state index in [2.05, 4.69) is 11.2 Å². The van der Waals surface area contributed by atoms with Crippen molar-refractivity contribution >= 4 is 10.8 Å². The van der Waals surface area contributed by atoms with Crippen LogP contribution in [0.2, 0.25) is 0 Å². The van der Waals surface area contributed by atoms with Gasteiger partial charge in [-0.25, -0.2) is 0 Å². The zero-order valence-electron chi connectivity index (χ0n) is 14.0. The normalized spacial score (nSPS) is 10.8. The third-order valence-electron chi connectivity index (χ3n) is 4.32. The Morgan fingerprint density at radius 2 is 1.52 bits per heavy atom. The third kappa shape index (κ3) is 2.62. The van der Waals surface area contributed by atoms with Crippen LogP contribution in [0.15, 0.2) is 71.4 Å². The van der Waals surface area contributed by atoms with Crippen molar-refractivity contribution in [3.05, 3.63) is 66.9 Å². The minimum absolute atomic E-state index is 0.740. The largest absolute Gasteiger partial charge is 0.497 e. The molecule has 4 nitrogen and oxygen atoms in total. The third-order valence-corrected chi connectivity index (χ3v) is 4.32. The highest BCUT2D eigenvalue weighted by Gasteiger charge is 2.16. The smallest absolute Gasteiger partial charge is 0.175 e. The average Bonchev–Trinajstić information content (AvgIpc) is 3.16. The van der Waals surface area contributed by atoms with Gasteiger partial charge in [0.2, 0.25) is 0 Å². The van der Waals surface area contributed by atoms with Gasteiger partial charge in [0.05, 0.1) is 20.4 Å². The molecule has 1 heterocycles. The van der Waals surface area contributed by atoms with Gasteiger partial charge in [0.25, 0.3) is 0 Å². The summed E-state index contributed by atoms with van der Waals surface area (Å²) in [4.78, 5) is 0. The molecular formula is C21H17NO3. The molecule has 4 heteroatoms. The molecule has 0 fully saturated rings. The van der Waals surface area contributed by atoms with Crippen LogP contribution < -0.4 is 9.47 Å². The lowest BCUT2D eigenvalue weighted by molar-refractivity contribution is 0.415. The Kier molecular flexibility index (Phi) is 3.86. The Bertz CT molecular complexity index is 1020. The highest BCUT2D eigenvalue weighted by atomic mass is 16.5. The van der Waals surface area contributed by atoms with E-state index in [4.69, 9.17) is 14.0 Å². The zero-order chi connectivity index (χ0) is 17.2. The molecule has 124 valence electrons. The minimum Gasteiger partial charge on any atom is -0.497 e. The first-order valence-corrected chi connectivity index (χ1v) is 7.97. The molecule has 0 aliphatic heterocycles. The van der Waals surface area contributed by atoms with Crippen LogP contribution in [0.4, 0.5) is 0 Å². The quantitative estimate of drug-likeness (QED) is 0.517. The molecule has 4 aromatic rings. The van der Waals surface area contributed by atoms with Gasteiger partial charge in [-0.2, -0.15) is 0 Å². The van der Waals surface area contributed by atoms with Gasteiger partial charge in [0.1, 0.15) is 11.5 Å². The summed E-state index contributed by atoms with van der Waals surface area (Å²) >= 11 is 0. The molecule has 0 unspecified atom stereocenters. The van der Waals surface area contributed by atoms with Gasteiger partial charge in [0, 0.05) is 16.5 Å². The Morgan fingerprint density at radius 1 is 0.760 bits per heavy atom. The SMILES string of the molecule is COc1ccc(-c2cnoc2-c2ccc(OC)c3ccccc23)cc1. The van der Waals surface area contributed by atoms with Crippen molar-refractivity contribution < 1.29 is 14.0 Å². The fourth-order valence-electron chi connectivity index (χ4n) is 3.06. The molecule has 25 heavy (non-hydrogen) atoms. The molecule has 0 aliphatic rings. The molecule has 0 saturated heterocycles. The summed E-state index contributed by atoms with van der Waals surface area (Å²) in [5.74, 6) is 2.39. The van der Waals surface area contributed by atoms with E-state index in [-0.39, 0.29) is 0 Å². The van der Waals surface area contributed by atoms with Gasteiger partial charge in [0.15, 0.2) is 5.76 Å². The number of fused-ring (bicyclic) bond motifs is 1. The summed E-state index contributed by atoms with van der Waals surface area (Å²) in [7, 11) is 3.34. The number of ether oxygens (including phenoxy) is 2. The van der Waals surface area contributed by atoms with E-state index in [1.54, 1.807) is 20.4 Å². The summed E-state index contributed by atoms with van der Waals surface area (Å²) in [6, 6.07) is 19.9. The summed E-state index contributed by atoms with van der Waals surface area (Å²) in [6.07, 6.45) is 1.75. The molecule has 1 aromatic heterocycles. The summed E-state index contributed by atoms with van der Waals surface area (Å²) in [5.41, 5.74) is 2.95. The lowest BCUT2D eigenvalue weighted by Gasteiger charge is -2.10. The Labute approximate surface area is 145 Å². The van der Waals surface area contributed by atoms with Crippen molar-refractivity contribution in [1.82, 2.24) is 5.16 Å². The number of rotatable bonds is 4. The monoisotopic (exact) mass is 331 g/mol. The molecule has 0 amide bonds. The van der Waals surface area contributed by atoms with Crippen LogP contribution in [0.1, 0.15) is 0 Å². The second-order valence-electron chi connectivity index (χ2n) is 5.66. The van der Waals surface area contributed by atoms with E-state index < -0.39 is 0 Å². The summed E-state index contributed by atoms with van der Waals surface area (Å²) in [5, 5.41) is 6.13. The minimum atomic E-state index is 0.740. The first-order chi connectivity index (χ1) is 12.3. The lowest BCUT2D eigenvalue weighted by atomic mass is 9.97. The van der Waals surface area contributed by atoms with Crippen LogP contribution in [0.25, 0.3) is 33.2 Å². The van der Waals surface area contributed by atoms with Crippen LogP contribution in [0, 0.1) is 0 Å². The Morgan fingerprint density at radius 3 is 2.24 bits per heavy atom. The fraction of sp³-hybridized carbons (Fsp3) is 0.0952. The highest BCUT2D eigenvalue weighted by Crippen LogP contribution is 2.39. The van der Waals surface area contributed by atoms with E-state index in [9.17, 15) is 0 Å². The van der Waals surface area contributed by atoms with Crippen molar-refractivity contribution in [2.75, 3.05) is 14.2 Å². The van der Waals surface area contributed by atoms with E-state index in [1.807, 2.05) is 54.6 Å². The van der Waals surface area contributed by atoms with Gasteiger partial charge in [-0.3, -0.25) is 0 Å². The molecule has 3 aromatic carbocycles. The molecule has 0 bridgehead atoms. The van der Waals surface area contributed by atoms with E-state index in [1.165, 1.54) is 0 Å². The molecule has 0 aliphatic carbocycles. The molecule has 0 spiro atoms. The maximum atomic E-state index is 5.62. The predicted molar refractivity (Wildman–Crippen MR) is 98.0 cm³/mol. The van der Waals surface area contributed by atoms with Gasteiger partial charge in [-0.05, 0) is 35.2 Å². The van der Waals surface area contributed by atoms with E-state index >= 15 is 0 Å². The number of nitrogens with zero attached hydrogens (tertiary/aromatic N) is 1. The summed E-state index contributed by atoms with van der Waals surface area (Å²) in [6.45, 7) is 0. The van der Waals surface area contributed by atoms with Gasteiger partial charge < -0.3 is 14.0 Å². The zero-order valence-corrected chi connectivity index (χ0v) is 14.0. The van der Waals surface area contributed by atoms with Crippen molar-refractivity contribution in [2.24, 2.45) is 0 Å². The fourth-order valence-corrected chi connectivity index (χ4v) is 3.06. The second kappa shape index (κ2) is 6.32.